The summed E-state index contributed by atoms with van der Waals surface area (Å²) in [6.45, 7) is 6.24. The van der Waals surface area contributed by atoms with Crippen LogP contribution < -0.4 is 0 Å². The predicted octanol–water partition coefficient (Wildman–Crippen LogP) is 4.03. The molecule has 0 N–H and O–H groups in total. The van der Waals surface area contributed by atoms with Gasteiger partial charge in [-0.3, -0.25) is 4.79 Å². The second-order valence-electron chi connectivity index (χ2n) is 4.97. The molecule has 2 rings (SSSR count). The molecule has 0 amide bonds. The van der Waals surface area contributed by atoms with Crippen LogP contribution in [-0.2, 0) is 0 Å². The van der Waals surface area contributed by atoms with E-state index in [1.807, 2.05) is 49.4 Å². The van der Waals surface area contributed by atoms with Crippen molar-refractivity contribution >= 4 is 5.78 Å². The predicted molar refractivity (Wildman–Crippen MR) is 70.9 cm³/mol. The highest BCUT2D eigenvalue weighted by molar-refractivity contribution is 6.02. The zero-order valence-electron chi connectivity index (χ0n) is 10.6. The number of allylic oxidation sites excluding steroid dienone is 4. The van der Waals surface area contributed by atoms with E-state index in [-0.39, 0.29) is 11.7 Å². The van der Waals surface area contributed by atoms with Crippen molar-refractivity contribution in [3.05, 3.63) is 59.7 Å². The van der Waals surface area contributed by atoms with Crippen molar-refractivity contribution in [2.45, 2.75) is 20.8 Å². The van der Waals surface area contributed by atoms with Crippen molar-refractivity contribution in [1.82, 2.24) is 0 Å². The van der Waals surface area contributed by atoms with Gasteiger partial charge in [0.2, 0.25) is 0 Å². The molecule has 0 spiro atoms. The van der Waals surface area contributed by atoms with Gasteiger partial charge in [-0.15, -0.1) is 0 Å². The van der Waals surface area contributed by atoms with Gasteiger partial charge in [-0.2, -0.15) is 0 Å². The van der Waals surface area contributed by atoms with E-state index in [1.54, 1.807) is 0 Å². The first-order valence-electron chi connectivity index (χ1n) is 6.01. The van der Waals surface area contributed by atoms with Gasteiger partial charge in [-0.1, -0.05) is 61.1 Å². The van der Waals surface area contributed by atoms with Gasteiger partial charge in [0, 0.05) is 5.56 Å². The molecule has 0 aliphatic heterocycles. The van der Waals surface area contributed by atoms with E-state index in [4.69, 9.17) is 0 Å². The fourth-order valence-electron chi connectivity index (χ4n) is 2.33. The molecule has 17 heavy (non-hydrogen) atoms. The minimum Gasteiger partial charge on any atom is -0.293 e. The summed E-state index contributed by atoms with van der Waals surface area (Å²) in [5, 5.41) is 0. The Morgan fingerprint density at radius 2 is 1.88 bits per heavy atom. The SMILES string of the molecule is CC1=CC=CC(C)(C(=O)c2ccccc2)C1C. The monoisotopic (exact) mass is 226 g/mol. The highest BCUT2D eigenvalue weighted by Crippen LogP contribution is 2.39. The van der Waals surface area contributed by atoms with Crippen molar-refractivity contribution in [3.8, 4) is 0 Å². The third kappa shape index (κ3) is 1.97. The Balaban J connectivity index is 2.38. The topological polar surface area (TPSA) is 17.1 Å². The van der Waals surface area contributed by atoms with Gasteiger partial charge in [-0.05, 0) is 19.8 Å². The standard InChI is InChI=1S/C16H18O/c1-12-8-7-11-16(3,13(12)2)15(17)14-9-5-4-6-10-14/h4-11,13H,1-3H3. The van der Waals surface area contributed by atoms with Crippen molar-refractivity contribution in [3.63, 3.8) is 0 Å². The van der Waals surface area contributed by atoms with Crippen LogP contribution in [0.1, 0.15) is 31.1 Å². The van der Waals surface area contributed by atoms with Gasteiger partial charge in [0.25, 0.3) is 0 Å². The van der Waals surface area contributed by atoms with Crippen molar-refractivity contribution < 1.29 is 4.79 Å². The number of benzene rings is 1. The van der Waals surface area contributed by atoms with Crippen molar-refractivity contribution in [1.29, 1.82) is 0 Å². The molecule has 1 aliphatic rings. The summed E-state index contributed by atoms with van der Waals surface area (Å²) < 4.78 is 0. The highest BCUT2D eigenvalue weighted by atomic mass is 16.1. The zero-order chi connectivity index (χ0) is 12.5. The second kappa shape index (κ2) is 4.33. The van der Waals surface area contributed by atoms with Gasteiger partial charge in [-0.25, -0.2) is 0 Å². The van der Waals surface area contributed by atoms with E-state index in [0.717, 1.165) is 5.56 Å². The molecule has 0 saturated heterocycles. The lowest BCUT2D eigenvalue weighted by Crippen LogP contribution is -2.34. The molecule has 0 heterocycles. The summed E-state index contributed by atoms with van der Waals surface area (Å²) in [6.07, 6.45) is 6.11. The Bertz CT molecular complexity index is 482. The van der Waals surface area contributed by atoms with Crippen LogP contribution in [0.15, 0.2) is 54.1 Å². The lowest BCUT2D eigenvalue weighted by Gasteiger charge is -2.34. The molecule has 88 valence electrons. The number of carbonyl (C=O) groups excluding carboxylic acids is 1. The minimum absolute atomic E-state index is 0.203. The van der Waals surface area contributed by atoms with Crippen LogP contribution in [0.2, 0.25) is 0 Å². The molecule has 1 heteroatoms. The smallest absolute Gasteiger partial charge is 0.173 e. The summed E-state index contributed by atoms with van der Waals surface area (Å²) in [6, 6.07) is 9.54. The van der Waals surface area contributed by atoms with Crippen LogP contribution in [0.3, 0.4) is 0 Å². The second-order valence-corrected chi connectivity index (χ2v) is 4.97. The van der Waals surface area contributed by atoms with Crippen LogP contribution in [0.25, 0.3) is 0 Å². The Kier molecular flexibility index (Phi) is 3.01. The first-order valence-corrected chi connectivity index (χ1v) is 6.01. The summed E-state index contributed by atoms with van der Waals surface area (Å²) in [4.78, 5) is 12.6. The molecule has 0 saturated carbocycles. The van der Waals surface area contributed by atoms with E-state index >= 15 is 0 Å². The summed E-state index contributed by atoms with van der Waals surface area (Å²) in [7, 11) is 0. The van der Waals surface area contributed by atoms with E-state index in [9.17, 15) is 4.79 Å². The van der Waals surface area contributed by atoms with Gasteiger partial charge in [0.05, 0.1) is 5.41 Å². The summed E-state index contributed by atoms with van der Waals surface area (Å²) in [5.74, 6) is 0.453. The maximum Gasteiger partial charge on any atom is 0.173 e. The molecule has 0 fully saturated rings. The molecular formula is C16H18O. The molecule has 0 aromatic heterocycles. The number of hydrogen-bond donors (Lipinski definition) is 0. The average Bonchev–Trinajstić information content (AvgIpc) is 2.36. The maximum atomic E-state index is 12.6. The lowest BCUT2D eigenvalue weighted by molar-refractivity contribution is 0.0823. The first-order chi connectivity index (χ1) is 8.05. The van der Waals surface area contributed by atoms with Crippen LogP contribution in [0.4, 0.5) is 0 Å². The fourth-order valence-corrected chi connectivity index (χ4v) is 2.33. The third-order valence-corrected chi connectivity index (χ3v) is 3.91. The number of Topliss-reactive ketones (excluding diaryl/α,β-unsaturated/α-hetero) is 1. The molecule has 2 unspecified atom stereocenters. The maximum absolute atomic E-state index is 12.6. The normalized spacial score (nSPS) is 27.7. The lowest BCUT2D eigenvalue weighted by atomic mass is 9.68. The highest BCUT2D eigenvalue weighted by Gasteiger charge is 2.38. The largest absolute Gasteiger partial charge is 0.293 e. The van der Waals surface area contributed by atoms with Crippen LogP contribution in [0.5, 0.6) is 0 Å². The number of hydrogen-bond acceptors (Lipinski definition) is 1. The molecular weight excluding hydrogens is 208 g/mol. The Labute approximate surface area is 103 Å². The Morgan fingerprint density at radius 3 is 2.53 bits per heavy atom. The molecule has 2 atom stereocenters. The van der Waals surface area contributed by atoms with Gasteiger partial charge in [0.1, 0.15) is 0 Å². The molecule has 0 bridgehead atoms. The molecule has 1 aliphatic carbocycles. The number of ketones is 1. The first kappa shape index (κ1) is 11.8. The molecule has 0 radical (unpaired) electrons. The summed E-state index contributed by atoms with van der Waals surface area (Å²) in [5.41, 5.74) is 1.64. The van der Waals surface area contributed by atoms with Crippen molar-refractivity contribution in [2.75, 3.05) is 0 Å². The number of carbonyl (C=O) groups is 1. The van der Waals surface area contributed by atoms with E-state index in [0.29, 0.717) is 0 Å². The van der Waals surface area contributed by atoms with E-state index in [2.05, 4.69) is 19.9 Å². The quantitative estimate of drug-likeness (QED) is 0.696. The minimum atomic E-state index is -0.416. The Hall–Kier alpha value is -1.63. The fraction of sp³-hybridized carbons (Fsp3) is 0.312. The van der Waals surface area contributed by atoms with Gasteiger partial charge < -0.3 is 0 Å². The van der Waals surface area contributed by atoms with Crippen LogP contribution in [-0.4, -0.2) is 5.78 Å². The van der Waals surface area contributed by atoms with E-state index < -0.39 is 5.41 Å². The molecule has 1 nitrogen and oxygen atoms in total. The van der Waals surface area contributed by atoms with Crippen molar-refractivity contribution in [2.24, 2.45) is 11.3 Å². The van der Waals surface area contributed by atoms with Gasteiger partial charge >= 0.3 is 0 Å². The summed E-state index contributed by atoms with van der Waals surface area (Å²) >= 11 is 0. The Morgan fingerprint density at radius 1 is 1.24 bits per heavy atom. The number of rotatable bonds is 2. The third-order valence-electron chi connectivity index (χ3n) is 3.91. The molecule has 1 aromatic carbocycles. The average molecular weight is 226 g/mol. The molecule has 1 aromatic rings. The van der Waals surface area contributed by atoms with Gasteiger partial charge in [0.15, 0.2) is 5.78 Å². The zero-order valence-corrected chi connectivity index (χ0v) is 10.6. The van der Waals surface area contributed by atoms with Crippen LogP contribution in [0, 0.1) is 11.3 Å². The van der Waals surface area contributed by atoms with E-state index in [1.165, 1.54) is 5.57 Å². The van der Waals surface area contributed by atoms with Crippen LogP contribution >= 0.6 is 0 Å².